The normalized spacial score (nSPS) is 11.1. The quantitative estimate of drug-likeness (QED) is 0.539. The molecule has 3 aromatic rings. The Balaban J connectivity index is 1.65. The van der Waals surface area contributed by atoms with Crippen LogP contribution in [0.25, 0.3) is 0 Å². The van der Waals surface area contributed by atoms with Crippen LogP contribution >= 0.6 is 15.9 Å². The third-order valence-corrected chi connectivity index (χ3v) is 5.17. The van der Waals surface area contributed by atoms with E-state index in [9.17, 15) is 8.42 Å². The van der Waals surface area contributed by atoms with Crippen molar-refractivity contribution in [2.45, 2.75) is 11.5 Å². The van der Waals surface area contributed by atoms with Gasteiger partial charge >= 0.3 is 10.1 Å². The molecule has 0 radical (unpaired) electrons. The predicted molar refractivity (Wildman–Crippen MR) is 99.2 cm³/mol. The van der Waals surface area contributed by atoms with Crippen LogP contribution in [0.4, 0.5) is 0 Å². The van der Waals surface area contributed by atoms with Crippen molar-refractivity contribution in [2.24, 2.45) is 0 Å². The molecule has 0 unspecified atom stereocenters. The molecule has 0 saturated carbocycles. The SMILES string of the molecule is O=S(=O)(Oc1ccc(OCc2ccccc2)cc1)c1ccc(Br)cc1. The zero-order valence-corrected chi connectivity index (χ0v) is 15.5. The van der Waals surface area contributed by atoms with E-state index >= 15 is 0 Å². The van der Waals surface area contributed by atoms with E-state index in [4.69, 9.17) is 8.92 Å². The van der Waals surface area contributed by atoms with E-state index < -0.39 is 10.1 Å². The lowest BCUT2D eigenvalue weighted by atomic mass is 10.2. The molecule has 0 saturated heterocycles. The molecule has 0 heterocycles. The molecule has 3 rings (SSSR count). The maximum Gasteiger partial charge on any atom is 0.339 e. The van der Waals surface area contributed by atoms with Gasteiger partial charge in [-0.3, -0.25) is 0 Å². The van der Waals surface area contributed by atoms with Gasteiger partial charge < -0.3 is 8.92 Å². The summed E-state index contributed by atoms with van der Waals surface area (Å²) < 4.78 is 36.1. The predicted octanol–water partition coefficient (Wildman–Crippen LogP) is 4.80. The van der Waals surface area contributed by atoms with Crippen LogP contribution in [0.5, 0.6) is 11.5 Å². The molecule has 0 N–H and O–H groups in total. The number of rotatable bonds is 6. The summed E-state index contributed by atoms with van der Waals surface area (Å²) in [5, 5.41) is 0. The van der Waals surface area contributed by atoms with Crippen LogP contribution < -0.4 is 8.92 Å². The Bertz CT molecular complexity index is 921. The van der Waals surface area contributed by atoms with Crippen molar-refractivity contribution >= 4 is 26.0 Å². The zero-order chi connectivity index (χ0) is 17.7. The molecule has 0 atom stereocenters. The maximum absolute atomic E-state index is 12.2. The highest BCUT2D eigenvalue weighted by atomic mass is 79.9. The molecule has 25 heavy (non-hydrogen) atoms. The van der Waals surface area contributed by atoms with Gasteiger partial charge in [0.25, 0.3) is 0 Å². The highest BCUT2D eigenvalue weighted by molar-refractivity contribution is 9.10. The minimum Gasteiger partial charge on any atom is -0.489 e. The van der Waals surface area contributed by atoms with Crippen LogP contribution in [0.3, 0.4) is 0 Å². The molecule has 128 valence electrons. The smallest absolute Gasteiger partial charge is 0.339 e. The lowest BCUT2D eigenvalue weighted by Crippen LogP contribution is -2.09. The lowest BCUT2D eigenvalue weighted by Gasteiger charge is -2.09. The Morgan fingerprint density at radius 1 is 0.760 bits per heavy atom. The molecule has 0 bridgehead atoms. The Morgan fingerprint density at radius 3 is 2.00 bits per heavy atom. The van der Waals surface area contributed by atoms with Crippen LogP contribution in [0.15, 0.2) is 88.2 Å². The Hall–Kier alpha value is -2.31. The number of halogens is 1. The van der Waals surface area contributed by atoms with Gasteiger partial charge in [0.1, 0.15) is 23.0 Å². The molecular weight excluding hydrogens is 404 g/mol. The van der Waals surface area contributed by atoms with Gasteiger partial charge in [0.05, 0.1) is 0 Å². The summed E-state index contributed by atoms with van der Waals surface area (Å²) >= 11 is 3.27. The van der Waals surface area contributed by atoms with Gasteiger partial charge in [-0.05, 0) is 54.1 Å². The second kappa shape index (κ2) is 7.72. The minimum absolute atomic E-state index is 0.0973. The van der Waals surface area contributed by atoms with E-state index in [1.807, 2.05) is 30.3 Å². The summed E-state index contributed by atoms with van der Waals surface area (Å²) in [6, 6.07) is 22.5. The molecule has 0 aromatic heterocycles. The van der Waals surface area contributed by atoms with Crippen LogP contribution in [0.2, 0.25) is 0 Å². The first-order valence-electron chi connectivity index (χ1n) is 7.50. The molecule has 3 aromatic carbocycles. The molecule has 4 nitrogen and oxygen atoms in total. The summed E-state index contributed by atoms with van der Waals surface area (Å²) in [5.74, 6) is 0.868. The highest BCUT2D eigenvalue weighted by Crippen LogP contribution is 2.23. The van der Waals surface area contributed by atoms with Gasteiger partial charge in [0.15, 0.2) is 0 Å². The topological polar surface area (TPSA) is 52.6 Å². The minimum atomic E-state index is -3.86. The monoisotopic (exact) mass is 418 g/mol. The standard InChI is InChI=1S/C19H15BrO4S/c20-16-6-12-19(13-7-16)25(21,22)24-18-10-8-17(9-11-18)23-14-15-4-2-1-3-5-15/h1-13H,14H2. The Morgan fingerprint density at radius 2 is 1.36 bits per heavy atom. The largest absolute Gasteiger partial charge is 0.489 e. The van der Waals surface area contributed by atoms with E-state index in [1.165, 1.54) is 12.1 Å². The zero-order valence-electron chi connectivity index (χ0n) is 13.1. The van der Waals surface area contributed by atoms with E-state index in [0.717, 1.165) is 10.0 Å². The molecular formula is C19H15BrO4S. The molecule has 0 aliphatic heterocycles. The van der Waals surface area contributed by atoms with Gasteiger partial charge in [0.2, 0.25) is 0 Å². The fraction of sp³-hybridized carbons (Fsp3) is 0.0526. The average Bonchev–Trinajstić information content (AvgIpc) is 2.62. The van der Waals surface area contributed by atoms with Crippen molar-refractivity contribution in [3.05, 3.63) is 88.9 Å². The first kappa shape index (κ1) is 17.5. The summed E-state index contributed by atoms with van der Waals surface area (Å²) in [7, 11) is -3.86. The molecule has 0 spiro atoms. The van der Waals surface area contributed by atoms with Crippen molar-refractivity contribution in [3.8, 4) is 11.5 Å². The van der Waals surface area contributed by atoms with Crippen molar-refractivity contribution in [2.75, 3.05) is 0 Å². The van der Waals surface area contributed by atoms with E-state index in [2.05, 4.69) is 15.9 Å². The van der Waals surface area contributed by atoms with Gasteiger partial charge in [-0.1, -0.05) is 46.3 Å². The van der Waals surface area contributed by atoms with Crippen molar-refractivity contribution in [3.63, 3.8) is 0 Å². The van der Waals surface area contributed by atoms with Crippen molar-refractivity contribution in [1.29, 1.82) is 0 Å². The molecule has 6 heteroatoms. The maximum atomic E-state index is 12.2. The second-order valence-corrected chi connectivity index (χ2v) is 7.70. The van der Waals surface area contributed by atoms with Gasteiger partial charge in [-0.15, -0.1) is 0 Å². The van der Waals surface area contributed by atoms with Crippen LogP contribution in [0.1, 0.15) is 5.56 Å². The number of benzene rings is 3. The summed E-state index contributed by atoms with van der Waals surface area (Å²) in [6.07, 6.45) is 0. The molecule has 0 fully saturated rings. The molecule has 0 amide bonds. The van der Waals surface area contributed by atoms with Crippen LogP contribution in [0, 0.1) is 0 Å². The Labute approximate surface area is 155 Å². The summed E-state index contributed by atoms with van der Waals surface area (Å²) in [4.78, 5) is 0.0973. The number of hydrogen-bond donors (Lipinski definition) is 0. The first-order valence-corrected chi connectivity index (χ1v) is 9.70. The van der Waals surface area contributed by atoms with Gasteiger partial charge in [0, 0.05) is 4.47 Å². The first-order chi connectivity index (χ1) is 12.0. The third kappa shape index (κ3) is 4.84. The third-order valence-electron chi connectivity index (χ3n) is 3.38. The average molecular weight is 419 g/mol. The number of hydrogen-bond acceptors (Lipinski definition) is 4. The van der Waals surface area contributed by atoms with Crippen molar-refractivity contribution < 1.29 is 17.3 Å². The van der Waals surface area contributed by atoms with Gasteiger partial charge in [-0.2, -0.15) is 8.42 Å². The molecule has 0 aliphatic rings. The number of ether oxygens (including phenoxy) is 1. The van der Waals surface area contributed by atoms with Gasteiger partial charge in [-0.25, -0.2) is 0 Å². The second-order valence-electron chi connectivity index (χ2n) is 5.24. The van der Waals surface area contributed by atoms with E-state index in [-0.39, 0.29) is 10.6 Å². The lowest BCUT2D eigenvalue weighted by molar-refractivity contribution is 0.306. The summed E-state index contributed by atoms with van der Waals surface area (Å²) in [6.45, 7) is 0.443. The fourth-order valence-electron chi connectivity index (χ4n) is 2.11. The summed E-state index contributed by atoms with van der Waals surface area (Å²) in [5.41, 5.74) is 1.06. The van der Waals surface area contributed by atoms with Crippen molar-refractivity contribution in [1.82, 2.24) is 0 Å². The Kier molecular flexibility index (Phi) is 5.40. The fourth-order valence-corrected chi connectivity index (χ4v) is 3.30. The van der Waals surface area contributed by atoms with Crippen LogP contribution in [-0.4, -0.2) is 8.42 Å². The van der Waals surface area contributed by atoms with E-state index in [1.54, 1.807) is 36.4 Å². The molecule has 0 aliphatic carbocycles. The highest BCUT2D eigenvalue weighted by Gasteiger charge is 2.16. The van der Waals surface area contributed by atoms with E-state index in [0.29, 0.717) is 12.4 Å². The van der Waals surface area contributed by atoms with Crippen LogP contribution in [-0.2, 0) is 16.7 Å².